The molecule has 1 aromatic carbocycles. The van der Waals surface area contributed by atoms with Gasteiger partial charge in [-0.1, -0.05) is 18.2 Å². The Balaban J connectivity index is 1.76. The van der Waals surface area contributed by atoms with Crippen molar-refractivity contribution >= 4 is 16.3 Å². The van der Waals surface area contributed by atoms with Crippen LogP contribution in [0, 0.1) is 6.92 Å². The van der Waals surface area contributed by atoms with Crippen molar-refractivity contribution in [1.29, 1.82) is 0 Å². The van der Waals surface area contributed by atoms with E-state index < -0.39 is 11.7 Å². The number of halogens is 3. The van der Waals surface area contributed by atoms with E-state index >= 15 is 0 Å². The Labute approximate surface area is 159 Å². The number of alkyl halides is 3. The molecule has 4 nitrogen and oxygen atoms in total. The van der Waals surface area contributed by atoms with Gasteiger partial charge >= 0.3 is 6.18 Å². The van der Waals surface area contributed by atoms with Crippen molar-refractivity contribution in [3.8, 4) is 11.3 Å². The smallest absolute Gasteiger partial charge is 0.373 e. The first-order valence-electron chi connectivity index (χ1n) is 8.49. The Hall–Kier alpha value is -2.32. The average Bonchev–Trinajstić information content (AvgIpc) is 3.18. The van der Waals surface area contributed by atoms with Gasteiger partial charge in [-0.05, 0) is 37.1 Å². The lowest BCUT2D eigenvalue weighted by Crippen LogP contribution is -2.30. The van der Waals surface area contributed by atoms with Gasteiger partial charge in [-0.15, -0.1) is 11.3 Å². The van der Waals surface area contributed by atoms with Gasteiger partial charge in [0.2, 0.25) is 0 Å². The van der Waals surface area contributed by atoms with Gasteiger partial charge < -0.3 is 11.1 Å². The summed E-state index contributed by atoms with van der Waals surface area (Å²) in [6, 6.07) is 9.21. The summed E-state index contributed by atoms with van der Waals surface area (Å²) in [4.78, 5) is 1.14. The minimum atomic E-state index is -4.34. The molecule has 3 aromatic rings. The van der Waals surface area contributed by atoms with Crippen molar-refractivity contribution in [2.75, 3.05) is 11.9 Å². The van der Waals surface area contributed by atoms with Crippen molar-refractivity contribution in [1.82, 2.24) is 9.78 Å². The van der Waals surface area contributed by atoms with E-state index in [9.17, 15) is 13.2 Å². The quantitative estimate of drug-likeness (QED) is 0.649. The molecule has 0 bridgehead atoms. The largest absolute Gasteiger partial charge is 0.416 e. The van der Waals surface area contributed by atoms with Crippen LogP contribution >= 0.6 is 11.3 Å². The van der Waals surface area contributed by atoms with Gasteiger partial charge in [0.1, 0.15) is 0 Å². The molecule has 2 aromatic heterocycles. The van der Waals surface area contributed by atoms with Crippen LogP contribution in [0.4, 0.5) is 18.2 Å². The second-order valence-corrected chi connectivity index (χ2v) is 7.66. The lowest BCUT2D eigenvalue weighted by Gasteiger charge is -2.18. The van der Waals surface area contributed by atoms with Gasteiger partial charge in [0.25, 0.3) is 0 Å². The Kier molecular flexibility index (Phi) is 5.57. The zero-order valence-electron chi connectivity index (χ0n) is 15.0. The minimum absolute atomic E-state index is 0.161. The highest BCUT2D eigenvalue weighted by Gasteiger charge is 2.30. The van der Waals surface area contributed by atoms with Gasteiger partial charge in [0.05, 0.1) is 16.3 Å². The van der Waals surface area contributed by atoms with E-state index in [4.69, 9.17) is 5.73 Å². The van der Waals surface area contributed by atoms with Crippen molar-refractivity contribution in [3.05, 3.63) is 58.6 Å². The number of hydrogen-bond acceptors (Lipinski definition) is 4. The highest BCUT2D eigenvalue weighted by molar-refractivity contribution is 7.16. The normalized spacial score (nSPS) is 13.0. The monoisotopic (exact) mass is 394 g/mol. The molecule has 0 aliphatic rings. The lowest BCUT2D eigenvalue weighted by molar-refractivity contribution is -0.137. The maximum atomic E-state index is 12.9. The molecule has 3 N–H and O–H groups in total. The van der Waals surface area contributed by atoms with Crippen LogP contribution in [0.2, 0.25) is 0 Å². The predicted octanol–water partition coefficient (Wildman–Crippen LogP) is 4.46. The number of thiophene rings is 1. The van der Waals surface area contributed by atoms with Gasteiger partial charge in [-0.25, -0.2) is 0 Å². The third kappa shape index (κ3) is 4.51. The summed E-state index contributed by atoms with van der Waals surface area (Å²) in [7, 11) is 1.88. The first-order valence-corrected chi connectivity index (χ1v) is 9.31. The summed E-state index contributed by atoms with van der Waals surface area (Å²) in [6.45, 7) is 2.34. The molecule has 2 heterocycles. The van der Waals surface area contributed by atoms with Crippen LogP contribution in [0.1, 0.15) is 16.0 Å². The third-order valence-corrected chi connectivity index (χ3v) is 5.36. The fourth-order valence-corrected chi connectivity index (χ4v) is 4.00. The number of rotatable bonds is 6. The Morgan fingerprint density at radius 3 is 2.67 bits per heavy atom. The van der Waals surface area contributed by atoms with Crippen LogP contribution in [-0.2, 0) is 19.6 Å². The van der Waals surface area contributed by atoms with Crippen molar-refractivity contribution in [2.45, 2.75) is 25.6 Å². The van der Waals surface area contributed by atoms with E-state index in [-0.39, 0.29) is 6.04 Å². The molecule has 0 aliphatic heterocycles. The van der Waals surface area contributed by atoms with Crippen molar-refractivity contribution in [2.24, 2.45) is 12.8 Å². The molecule has 0 unspecified atom stereocenters. The zero-order valence-corrected chi connectivity index (χ0v) is 15.9. The standard InChI is InChI=1S/C19H21F3N4S/c1-12-16(17-6-7-24-26(17)2)10-18(27-12)25-15(11-23)9-13-4-3-5-14(8-13)19(20,21)22/h3-8,10,15,25H,9,11,23H2,1-2H3/t15-/m0/s1. The number of nitrogens with zero attached hydrogens (tertiary/aromatic N) is 2. The van der Waals surface area contributed by atoms with Crippen LogP contribution in [-0.4, -0.2) is 22.4 Å². The summed E-state index contributed by atoms with van der Waals surface area (Å²) >= 11 is 1.60. The van der Waals surface area contributed by atoms with E-state index in [0.29, 0.717) is 18.5 Å². The maximum absolute atomic E-state index is 12.9. The highest BCUT2D eigenvalue weighted by atomic mass is 32.1. The number of nitrogens with two attached hydrogens (primary N) is 1. The number of nitrogens with one attached hydrogen (secondary N) is 1. The molecule has 0 saturated carbocycles. The Morgan fingerprint density at radius 2 is 2.04 bits per heavy atom. The van der Waals surface area contributed by atoms with Gasteiger partial charge in [-0.3, -0.25) is 4.68 Å². The van der Waals surface area contributed by atoms with E-state index in [0.717, 1.165) is 27.2 Å². The molecule has 0 fully saturated rings. The molecule has 8 heteroatoms. The Bertz CT molecular complexity index is 914. The van der Waals surface area contributed by atoms with Gasteiger partial charge in [0.15, 0.2) is 0 Å². The molecular weight excluding hydrogens is 373 g/mol. The number of anilines is 1. The molecular formula is C19H21F3N4S. The van der Waals surface area contributed by atoms with Crippen LogP contribution in [0.3, 0.4) is 0 Å². The number of aryl methyl sites for hydroxylation is 2. The van der Waals surface area contributed by atoms with Gasteiger partial charge in [-0.2, -0.15) is 18.3 Å². The summed E-state index contributed by atoms with van der Waals surface area (Å²) < 4.78 is 40.5. The van der Waals surface area contributed by atoms with E-state index in [1.54, 1.807) is 23.6 Å². The molecule has 0 spiro atoms. The van der Waals surface area contributed by atoms with E-state index in [1.165, 1.54) is 12.1 Å². The van der Waals surface area contributed by atoms with Crippen LogP contribution in [0.25, 0.3) is 11.3 Å². The molecule has 144 valence electrons. The second-order valence-electron chi connectivity index (χ2n) is 6.40. The third-order valence-electron chi connectivity index (χ3n) is 4.38. The van der Waals surface area contributed by atoms with Crippen molar-refractivity contribution in [3.63, 3.8) is 0 Å². The predicted molar refractivity (Wildman–Crippen MR) is 103 cm³/mol. The number of aromatic nitrogens is 2. The fourth-order valence-electron chi connectivity index (χ4n) is 3.00. The Morgan fingerprint density at radius 1 is 1.26 bits per heavy atom. The molecule has 0 amide bonds. The molecule has 27 heavy (non-hydrogen) atoms. The van der Waals surface area contributed by atoms with Gasteiger partial charge in [0, 0.05) is 36.3 Å². The average molecular weight is 394 g/mol. The van der Waals surface area contributed by atoms with Crippen LogP contribution < -0.4 is 11.1 Å². The highest BCUT2D eigenvalue weighted by Crippen LogP contribution is 2.34. The zero-order chi connectivity index (χ0) is 19.6. The maximum Gasteiger partial charge on any atom is 0.416 e. The summed E-state index contributed by atoms with van der Waals surface area (Å²) in [5.74, 6) is 0. The van der Waals surface area contributed by atoms with Crippen LogP contribution in [0.15, 0.2) is 42.6 Å². The number of benzene rings is 1. The molecule has 3 rings (SSSR count). The first-order chi connectivity index (χ1) is 12.8. The molecule has 0 aliphatic carbocycles. The van der Waals surface area contributed by atoms with Crippen LogP contribution in [0.5, 0.6) is 0 Å². The lowest BCUT2D eigenvalue weighted by atomic mass is 10.0. The summed E-state index contributed by atoms with van der Waals surface area (Å²) in [6.07, 6.45) is -2.18. The SMILES string of the molecule is Cc1sc(N[C@H](CN)Cc2cccc(C(F)(F)F)c2)cc1-c1ccnn1C. The molecule has 0 saturated heterocycles. The summed E-state index contributed by atoms with van der Waals surface area (Å²) in [5, 5.41) is 8.49. The summed E-state index contributed by atoms with van der Waals surface area (Å²) in [5.41, 5.74) is 7.92. The van der Waals surface area contributed by atoms with Crippen molar-refractivity contribution < 1.29 is 13.2 Å². The first kappa shape index (κ1) is 19.4. The van der Waals surface area contributed by atoms with E-state index in [1.807, 2.05) is 30.8 Å². The molecule has 1 atom stereocenters. The number of hydrogen-bond donors (Lipinski definition) is 2. The topological polar surface area (TPSA) is 55.9 Å². The second kappa shape index (κ2) is 7.74. The van der Waals surface area contributed by atoms with E-state index in [2.05, 4.69) is 10.4 Å². The molecule has 0 radical (unpaired) electrons. The fraction of sp³-hybridized carbons (Fsp3) is 0.316. The minimum Gasteiger partial charge on any atom is -0.373 e.